The molecule has 3 N–H and O–H groups in total. The standard InChI is InChI=1S/C16H13Cl3F3N5O2/c1-26(14-13(19)4-10(6-24-14)16(20,21)22)27(15(23)28)8-25-29-7-9-2-3-11(17)5-12(9)18/h2-6,8H,7H2,1H3,(H2,23,28)/p+1/b25-8+. The molecule has 0 radical (unpaired) electrons. The number of carbonyl (C=O) groups is 1. The number of H-pyrrole nitrogens is 1. The van der Waals surface area contributed by atoms with Gasteiger partial charge < -0.3 is 10.6 Å². The highest BCUT2D eigenvalue weighted by molar-refractivity contribution is 6.35. The number of pyridine rings is 1. The first kappa shape index (κ1) is 22.9. The number of hydrazine groups is 1. The van der Waals surface area contributed by atoms with Crippen LogP contribution in [0.25, 0.3) is 0 Å². The minimum Gasteiger partial charge on any atom is -0.390 e. The van der Waals surface area contributed by atoms with Gasteiger partial charge in [-0.15, -0.1) is 10.0 Å². The number of halogens is 6. The number of primary amides is 1. The predicted octanol–water partition coefficient (Wildman–Crippen LogP) is 4.37. The summed E-state index contributed by atoms with van der Waals surface area (Å²) in [5.41, 5.74) is 4.89. The first-order valence-electron chi connectivity index (χ1n) is 7.71. The Hall–Kier alpha value is -2.43. The van der Waals surface area contributed by atoms with Crippen LogP contribution in [0.1, 0.15) is 11.1 Å². The number of rotatable bonds is 6. The van der Waals surface area contributed by atoms with Gasteiger partial charge in [0.1, 0.15) is 24.9 Å². The molecule has 0 fully saturated rings. The van der Waals surface area contributed by atoms with Gasteiger partial charge in [0.2, 0.25) is 0 Å². The van der Waals surface area contributed by atoms with Crippen LogP contribution < -0.4 is 15.7 Å². The average Bonchev–Trinajstić information content (AvgIpc) is 2.61. The number of nitrogens with two attached hydrogens (primary N) is 1. The number of oxime groups is 1. The summed E-state index contributed by atoms with van der Waals surface area (Å²) in [6, 6.07) is 4.49. The number of aromatic amines is 1. The normalized spacial score (nSPS) is 11.6. The van der Waals surface area contributed by atoms with Crippen LogP contribution in [0.15, 0.2) is 35.6 Å². The van der Waals surface area contributed by atoms with E-state index in [0.717, 1.165) is 16.4 Å². The van der Waals surface area contributed by atoms with E-state index in [1.807, 2.05) is 0 Å². The van der Waals surface area contributed by atoms with E-state index in [1.165, 1.54) is 13.1 Å². The van der Waals surface area contributed by atoms with Gasteiger partial charge in [-0.1, -0.05) is 46.0 Å². The quantitative estimate of drug-likeness (QED) is 0.386. The number of hydrogen-bond acceptors (Lipinski definition) is 4. The summed E-state index contributed by atoms with van der Waals surface area (Å²) in [4.78, 5) is 19.1. The van der Waals surface area contributed by atoms with Gasteiger partial charge in [0.15, 0.2) is 6.34 Å². The number of nitrogens with zero attached hydrogens (tertiary/aromatic N) is 3. The van der Waals surface area contributed by atoms with Crippen molar-refractivity contribution in [3.63, 3.8) is 0 Å². The Morgan fingerprint density at radius 1 is 1.28 bits per heavy atom. The fourth-order valence-electron chi connectivity index (χ4n) is 2.09. The molecule has 29 heavy (non-hydrogen) atoms. The smallest absolute Gasteiger partial charge is 0.390 e. The summed E-state index contributed by atoms with van der Waals surface area (Å²) in [6.45, 7) is -0.0318. The molecule has 0 unspecified atom stereocenters. The number of carbonyl (C=O) groups excluding carboxylic acids is 1. The molecule has 2 rings (SSSR count). The molecule has 2 amide bonds. The highest BCUT2D eigenvalue weighted by Gasteiger charge is 2.34. The molecule has 13 heteroatoms. The molecule has 0 aliphatic rings. The zero-order chi connectivity index (χ0) is 21.8. The van der Waals surface area contributed by atoms with Gasteiger partial charge in [-0.25, -0.2) is 9.78 Å². The maximum atomic E-state index is 12.8. The number of aromatic nitrogens is 1. The van der Waals surface area contributed by atoms with Crippen molar-refractivity contribution < 1.29 is 27.8 Å². The highest BCUT2D eigenvalue weighted by Crippen LogP contribution is 2.32. The van der Waals surface area contributed by atoms with Crippen molar-refractivity contribution in [3.8, 4) is 0 Å². The Bertz CT molecular complexity index is 927. The number of anilines is 1. The Morgan fingerprint density at radius 3 is 2.52 bits per heavy atom. The summed E-state index contributed by atoms with van der Waals surface area (Å²) in [5.74, 6) is -0.0364. The molecule has 1 heterocycles. The van der Waals surface area contributed by atoms with Crippen LogP contribution in [0.2, 0.25) is 15.1 Å². The summed E-state index contributed by atoms with van der Waals surface area (Å²) >= 11 is 17.7. The largest absolute Gasteiger partial charge is 0.419 e. The molecule has 0 aliphatic heterocycles. The van der Waals surface area contributed by atoms with Gasteiger partial charge in [-0.2, -0.15) is 13.2 Å². The SMILES string of the molecule is CN(c1[nH+]cc(C(F)(F)F)cc1Cl)N(/C=N/OCc1ccc(Cl)cc1Cl)C(N)=O. The number of hydrogen-bond donors (Lipinski definition) is 1. The highest BCUT2D eigenvalue weighted by atomic mass is 35.5. The van der Waals surface area contributed by atoms with E-state index in [-0.39, 0.29) is 17.4 Å². The minimum absolute atomic E-state index is 0.0318. The second-order valence-corrected chi connectivity index (χ2v) is 6.77. The van der Waals surface area contributed by atoms with Crippen LogP contribution in [-0.2, 0) is 17.6 Å². The number of urea groups is 1. The predicted molar refractivity (Wildman–Crippen MR) is 103 cm³/mol. The topological polar surface area (TPSA) is 85.3 Å². The second kappa shape index (κ2) is 9.38. The third-order valence-corrected chi connectivity index (χ3v) is 4.41. The zero-order valence-electron chi connectivity index (χ0n) is 14.7. The van der Waals surface area contributed by atoms with E-state index in [2.05, 4.69) is 10.1 Å². The molecule has 0 aliphatic carbocycles. The number of alkyl halides is 3. The van der Waals surface area contributed by atoms with Crippen molar-refractivity contribution in [1.29, 1.82) is 0 Å². The van der Waals surface area contributed by atoms with Crippen molar-refractivity contribution in [2.24, 2.45) is 10.9 Å². The third-order valence-electron chi connectivity index (χ3n) is 3.54. The third kappa shape index (κ3) is 6.02. The van der Waals surface area contributed by atoms with E-state index in [4.69, 9.17) is 45.4 Å². The van der Waals surface area contributed by atoms with Gasteiger partial charge in [0.05, 0.1) is 5.56 Å². The lowest BCUT2D eigenvalue weighted by atomic mass is 10.2. The Morgan fingerprint density at radius 2 is 1.97 bits per heavy atom. The molecule has 0 spiro atoms. The Kier molecular flexibility index (Phi) is 7.39. The molecule has 1 aromatic heterocycles. The number of amides is 2. The summed E-state index contributed by atoms with van der Waals surface area (Å²) in [7, 11) is 1.33. The lowest BCUT2D eigenvalue weighted by Gasteiger charge is -2.20. The summed E-state index contributed by atoms with van der Waals surface area (Å²) < 4.78 is 38.3. The molecule has 7 nitrogen and oxygen atoms in total. The zero-order valence-corrected chi connectivity index (χ0v) is 16.9. The monoisotopic (exact) mass is 470 g/mol. The first-order valence-corrected chi connectivity index (χ1v) is 8.84. The lowest BCUT2D eigenvalue weighted by molar-refractivity contribution is -0.368. The van der Waals surface area contributed by atoms with Crippen molar-refractivity contribution >= 4 is 53.0 Å². The Balaban J connectivity index is 2.12. The fourth-order valence-corrected chi connectivity index (χ4v) is 2.84. The van der Waals surface area contributed by atoms with Crippen LogP contribution in [0.4, 0.5) is 23.8 Å². The van der Waals surface area contributed by atoms with Crippen LogP contribution in [0, 0.1) is 0 Å². The van der Waals surface area contributed by atoms with Crippen molar-refractivity contribution in [2.75, 3.05) is 12.1 Å². The maximum absolute atomic E-state index is 12.8. The first-order chi connectivity index (χ1) is 13.5. The maximum Gasteiger partial charge on any atom is 0.419 e. The summed E-state index contributed by atoms with van der Waals surface area (Å²) in [6.07, 6.45) is -2.96. The molecule has 0 bridgehead atoms. The molecule has 0 saturated heterocycles. The fraction of sp³-hybridized carbons (Fsp3) is 0.188. The van der Waals surface area contributed by atoms with Gasteiger partial charge in [0, 0.05) is 15.6 Å². The van der Waals surface area contributed by atoms with Crippen LogP contribution in [0.5, 0.6) is 0 Å². The number of nitrogens with one attached hydrogen (secondary N) is 1. The van der Waals surface area contributed by atoms with Crippen LogP contribution in [0.3, 0.4) is 0 Å². The van der Waals surface area contributed by atoms with E-state index >= 15 is 0 Å². The molecular formula is C16H14Cl3F3N5O2+. The minimum atomic E-state index is -4.58. The summed E-state index contributed by atoms with van der Waals surface area (Å²) in [5, 5.41) is 5.97. The molecule has 0 saturated carbocycles. The number of benzene rings is 1. The van der Waals surface area contributed by atoms with E-state index in [9.17, 15) is 18.0 Å². The van der Waals surface area contributed by atoms with E-state index in [0.29, 0.717) is 27.9 Å². The Labute approximate surface area is 178 Å². The van der Waals surface area contributed by atoms with Crippen molar-refractivity contribution in [3.05, 3.63) is 56.7 Å². The molecule has 156 valence electrons. The van der Waals surface area contributed by atoms with Crippen molar-refractivity contribution in [2.45, 2.75) is 12.8 Å². The molecular weight excluding hydrogens is 458 g/mol. The average molecular weight is 472 g/mol. The van der Waals surface area contributed by atoms with Gasteiger partial charge >= 0.3 is 18.0 Å². The van der Waals surface area contributed by atoms with E-state index in [1.54, 1.807) is 12.1 Å². The van der Waals surface area contributed by atoms with Crippen LogP contribution >= 0.6 is 34.8 Å². The molecule has 1 aromatic carbocycles. The van der Waals surface area contributed by atoms with Gasteiger partial charge in [-0.05, 0) is 18.2 Å². The van der Waals surface area contributed by atoms with Gasteiger partial charge in [0.25, 0.3) is 0 Å². The van der Waals surface area contributed by atoms with Gasteiger partial charge in [-0.3, -0.25) is 0 Å². The van der Waals surface area contributed by atoms with E-state index < -0.39 is 17.8 Å². The van der Waals surface area contributed by atoms with Crippen LogP contribution in [-0.4, -0.2) is 24.4 Å². The molecule has 0 atom stereocenters. The van der Waals surface area contributed by atoms with Crippen molar-refractivity contribution in [1.82, 2.24) is 5.01 Å². The second-order valence-electron chi connectivity index (χ2n) is 5.52. The lowest BCUT2D eigenvalue weighted by Crippen LogP contribution is -2.48. The molecule has 2 aromatic rings.